The summed E-state index contributed by atoms with van der Waals surface area (Å²) in [5.41, 5.74) is 1.94. The van der Waals surface area contributed by atoms with Gasteiger partial charge in [0.1, 0.15) is 0 Å². The average Bonchev–Trinajstić information content (AvgIpc) is 2.58. The molecule has 0 aromatic heterocycles. The number of anilines is 1. The third kappa shape index (κ3) is 4.89. The summed E-state index contributed by atoms with van der Waals surface area (Å²) >= 11 is 5.94. The summed E-state index contributed by atoms with van der Waals surface area (Å²) in [6.07, 6.45) is 0. The normalized spacial score (nSPS) is 13.0. The number of hydrogen-bond acceptors (Lipinski definition) is 3. The Hall–Kier alpha value is -1.89. The van der Waals surface area contributed by atoms with Crippen molar-refractivity contribution >= 4 is 33.2 Å². The van der Waals surface area contributed by atoms with Crippen LogP contribution in [0.4, 0.5) is 5.69 Å². The van der Waals surface area contributed by atoms with Gasteiger partial charge in [-0.1, -0.05) is 43.6 Å². The van der Waals surface area contributed by atoms with Crippen molar-refractivity contribution in [1.82, 2.24) is 4.31 Å². The van der Waals surface area contributed by atoms with Gasteiger partial charge in [0.05, 0.1) is 10.8 Å². The minimum atomic E-state index is -3.59. The van der Waals surface area contributed by atoms with Crippen molar-refractivity contribution in [1.29, 1.82) is 0 Å². The number of sulfonamides is 1. The van der Waals surface area contributed by atoms with Gasteiger partial charge in [-0.15, -0.1) is 0 Å². The van der Waals surface area contributed by atoms with Crippen LogP contribution in [0.25, 0.3) is 0 Å². The van der Waals surface area contributed by atoms with E-state index in [2.05, 4.69) is 5.32 Å². The topological polar surface area (TPSA) is 66.5 Å². The van der Waals surface area contributed by atoms with Crippen LogP contribution in [0.15, 0.2) is 47.4 Å². The van der Waals surface area contributed by atoms with Crippen LogP contribution >= 0.6 is 11.6 Å². The number of carbonyl (C=O) groups is 1. The molecule has 0 aliphatic carbocycles. The van der Waals surface area contributed by atoms with Crippen molar-refractivity contribution in [3.63, 3.8) is 0 Å². The molecule has 1 amide bonds. The van der Waals surface area contributed by atoms with Gasteiger partial charge in [-0.05, 0) is 48.2 Å². The van der Waals surface area contributed by atoms with Gasteiger partial charge >= 0.3 is 0 Å². The zero-order valence-corrected chi connectivity index (χ0v) is 17.7. The number of benzene rings is 2. The molecule has 146 valence electrons. The van der Waals surface area contributed by atoms with Crippen molar-refractivity contribution in [2.75, 3.05) is 19.4 Å². The number of rotatable bonds is 6. The Bertz CT molecular complexity index is 923. The molecule has 0 fully saturated rings. The predicted octanol–water partition coefficient (Wildman–Crippen LogP) is 4.28. The van der Waals surface area contributed by atoms with Gasteiger partial charge in [-0.2, -0.15) is 0 Å². The maximum Gasteiger partial charge on any atom is 0.242 e. The molecule has 0 spiro atoms. The number of nitrogens with one attached hydrogen (secondary N) is 1. The van der Waals surface area contributed by atoms with E-state index in [1.54, 1.807) is 31.2 Å². The maximum atomic E-state index is 12.9. The van der Waals surface area contributed by atoms with E-state index in [1.165, 1.54) is 20.2 Å². The first-order valence-corrected chi connectivity index (χ1v) is 10.5. The van der Waals surface area contributed by atoms with E-state index in [-0.39, 0.29) is 22.6 Å². The van der Waals surface area contributed by atoms with Crippen LogP contribution in [0, 0.1) is 12.8 Å². The molecule has 2 aromatic rings. The summed E-state index contributed by atoms with van der Waals surface area (Å²) in [7, 11) is -0.629. The first kappa shape index (κ1) is 21.4. The number of carbonyl (C=O) groups excluding carboxylic acids is 1. The number of hydrogen-bond donors (Lipinski definition) is 1. The van der Waals surface area contributed by atoms with E-state index in [0.717, 1.165) is 9.87 Å². The summed E-state index contributed by atoms with van der Waals surface area (Å²) in [4.78, 5) is 13.1. The Balaban J connectivity index is 2.35. The van der Waals surface area contributed by atoms with Gasteiger partial charge in [0.2, 0.25) is 15.9 Å². The molecule has 0 unspecified atom stereocenters. The quantitative estimate of drug-likeness (QED) is 0.775. The number of nitrogens with zero attached hydrogens (tertiary/aromatic N) is 1. The summed E-state index contributed by atoms with van der Waals surface area (Å²) in [6.45, 7) is 5.67. The van der Waals surface area contributed by atoms with E-state index in [4.69, 9.17) is 11.6 Å². The van der Waals surface area contributed by atoms with Crippen LogP contribution < -0.4 is 5.32 Å². The smallest absolute Gasteiger partial charge is 0.242 e. The lowest BCUT2D eigenvalue weighted by molar-refractivity contribution is -0.118. The number of aryl methyl sites for hydroxylation is 1. The molecule has 1 N–H and O–H groups in total. The second kappa shape index (κ2) is 8.42. The van der Waals surface area contributed by atoms with E-state index >= 15 is 0 Å². The van der Waals surface area contributed by atoms with E-state index in [1.807, 2.05) is 26.0 Å². The lowest BCUT2D eigenvalue weighted by Crippen LogP contribution is -2.26. The lowest BCUT2D eigenvalue weighted by atomic mass is 9.87. The number of amides is 1. The molecular formula is C20H25ClN2O3S. The molecular weight excluding hydrogens is 384 g/mol. The van der Waals surface area contributed by atoms with Crippen molar-refractivity contribution in [2.45, 2.75) is 31.6 Å². The monoisotopic (exact) mass is 408 g/mol. The van der Waals surface area contributed by atoms with Crippen LogP contribution in [0.3, 0.4) is 0 Å². The maximum absolute atomic E-state index is 12.9. The zero-order chi connectivity index (χ0) is 20.4. The molecule has 0 saturated heterocycles. The van der Waals surface area contributed by atoms with Crippen LogP contribution in [0.2, 0.25) is 5.02 Å². The second-order valence-corrected chi connectivity index (χ2v) is 9.59. The Morgan fingerprint density at radius 1 is 1.07 bits per heavy atom. The van der Waals surface area contributed by atoms with Crippen LogP contribution in [-0.2, 0) is 14.8 Å². The van der Waals surface area contributed by atoms with E-state index in [9.17, 15) is 13.2 Å². The summed E-state index contributed by atoms with van der Waals surface area (Å²) in [5, 5.41) is 3.47. The number of halogens is 1. The second-order valence-electron chi connectivity index (χ2n) is 7.03. The molecule has 0 heterocycles. The van der Waals surface area contributed by atoms with Crippen LogP contribution in [-0.4, -0.2) is 32.7 Å². The molecule has 0 aliphatic rings. The first-order valence-electron chi connectivity index (χ1n) is 8.63. The van der Waals surface area contributed by atoms with Crippen molar-refractivity contribution in [3.8, 4) is 0 Å². The Kier molecular flexibility index (Phi) is 6.68. The third-order valence-corrected chi connectivity index (χ3v) is 6.60. The van der Waals surface area contributed by atoms with Gasteiger partial charge < -0.3 is 5.32 Å². The third-order valence-electron chi connectivity index (χ3n) is 4.39. The van der Waals surface area contributed by atoms with Crippen molar-refractivity contribution in [2.24, 2.45) is 5.92 Å². The van der Waals surface area contributed by atoms with Gasteiger partial charge in [0, 0.05) is 24.8 Å². The molecule has 2 rings (SSSR count). The molecule has 5 nitrogen and oxygen atoms in total. The molecule has 0 saturated carbocycles. The predicted molar refractivity (Wildman–Crippen MR) is 110 cm³/mol. The lowest BCUT2D eigenvalue weighted by Gasteiger charge is -2.21. The van der Waals surface area contributed by atoms with Crippen LogP contribution in [0.5, 0.6) is 0 Å². The highest BCUT2D eigenvalue weighted by Crippen LogP contribution is 2.28. The van der Waals surface area contributed by atoms with Crippen molar-refractivity contribution in [3.05, 3.63) is 58.6 Å². The molecule has 2 aromatic carbocycles. The minimum absolute atomic E-state index is 0.0570. The summed E-state index contributed by atoms with van der Waals surface area (Å²) in [6, 6.07) is 12.1. The highest BCUT2D eigenvalue weighted by atomic mass is 35.5. The molecule has 27 heavy (non-hydrogen) atoms. The molecule has 0 bridgehead atoms. The van der Waals surface area contributed by atoms with E-state index < -0.39 is 10.0 Å². The molecule has 1 atom stereocenters. The Labute approximate surface area is 166 Å². The summed E-state index contributed by atoms with van der Waals surface area (Å²) in [5.74, 6) is -0.511. The molecule has 0 aliphatic heterocycles. The molecule has 7 heteroatoms. The van der Waals surface area contributed by atoms with Gasteiger partial charge in [-0.3, -0.25) is 4.79 Å². The Morgan fingerprint density at radius 2 is 1.67 bits per heavy atom. The standard InChI is InChI=1S/C20H25ClN2O3S/c1-13(2)19(15-7-9-16(21)10-8-15)20(24)22-17-11-6-14(3)18(12-17)27(25,26)23(4)5/h6-13,19H,1-5H3,(H,22,24)/t19-/m1/s1. The minimum Gasteiger partial charge on any atom is -0.326 e. The zero-order valence-electron chi connectivity index (χ0n) is 16.2. The largest absolute Gasteiger partial charge is 0.326 e. The fraction of sp³-hybridized carbons (Fsp3) is 0.350. The summed E-state index contributed by atoms with van der Waals surface area (Å²) < 4.78 is 26.1. The van der Waals surface area contributed by atoms with Crippen molar-refractivity contribution < 1.29 is 13.2 Å². The van der Waals surface area contributed by atoms with Gasteiger partial charge in [0.15, 0.2) is 0 Å². The SMILES string of the molecule is Cc1ccc(NC(=O)[C@@H](c2ccc(Cl)cc2)C(C)C)cc1S(=O)(=O)N(C)C. The highest BCUT2D eigenvalue weighted by molar-refractivity contribution is 7.89. The fourth-order valence-electron chi connectivity index (χ4n) is 2.88. The highest BCUT2D eigenvalue weighted by Gasteiger charge is 2.25. The molecule has 0 radical (unpaired) electrons. The fourth-order valence-corrected chi connectivity index (χ4v) is 4.15. The van der Waals surface area contributed by atoms with Crippen LogP contribution in [0.1, 0.15) is 30.9 Å². The van der Waals surface area contributed by atoms with Gasteiger partial charge in [0.25, 0.3) is 0 Å². The average molecular weight is 409 g/mol. The Morgan fingerprint density at radius 3 is 2.19 bits per heavy atom. The van der Waals surface area contributed by atoms with E-state index in [0.29, 0.717) is 16.3 Å². The first-order chi connectivity index (χ1) is 12.5. The van der Waals surface area contributed by atoms with Gasteiger partial charge in [-0.25, -0.2) is 12.7 Å².